The van der Waals surface area contributed by atoms with Crippen molar-refractivity contribution in [2.24, 2.45) is 0 Å². The van der Waals surface area contributed by atoms with E-state index in [0.29, 0.717) is 6.54 Å². The average molecular weight is 227 g/mol. The molecule has 2 N–H and O–H groups in total. The lowest BCUT2D eigenvalue weighted by atomic mass is 10.3. The van der Waals surface area contributed by atoms with Crippen molar-refractivity contribution in [2.75, 3.05) is 33.4 Å². The van der Waals surface area contributed by atoms with E-state index in [2.05, 4.69) is 15.6 Å². The minimum Gasteiger partial charge on any atom is -0.383 e. The molecule has 0 aliphatic rings. The van der Waals surface area contributed by atoms with Crippen LogP contribution in [-0.2, 0) is 11.3 Å². The highest BCUT2D eigenvalue weighted by Gasteiger charge is 1.94. The highest BCUT2D eigenvalue weighted by atomic mass is 19.1. The van der Waals surface area contributed by atoms with Gasteiger partial charge in [-0.05, 0) is 12.1 Å². The van der Waals surface area contributed by atoms with E-state index in [-0.39, 0.29) is 5.82 Å². The number of halogens is 1. The summed E-state index contributed by atoms with van der Waals surface area (Å²) in [5.74, 6) is -0.301. The first-order chi connectivity index (χ1) is 7.83. The van der Waals surface area contributed by atoms with E-state index in [1.54, 1.807) is 13.2 Å². The molecule has 0 aliphatic heterocycles. The van der Waals surface area contributed by atoms with E-state index in [1.807, 2.05) is 0 Å². The standard InChI is InChI=1S/C11H18FN3O/c1-16-7-6-13-4-5-14-9-11-3-2-10(12)8-15-11/h2-3,8,13-14H,4-7,9H2,1H3. The SMILES string of the molecule is COCCNCCNCc1ccc(F)cn1. The van der Waals surface area contributed by atoms with Gasteiger partial charge in [0.1, 0.15) is 5.82 Å². The molecule has 1 aromatic heterocycles. The number of nitrogens with zero attached hydrogens (tertiary/aromatic N) is 1. The van der Waals surface area contributed by atoms with Crippen molar-refractivity contribution in [3.63, 3.8) is 0 Å². The van der Waals surface area contributed by atoms with E-state index < -0.39 is 0 Å². The zero-order valence-corrected chi connectivity index (χ0v) is 9.50. The monoisotopic (exact) mass is 227 g/mol. The van der Waals surface area contributed by atoms with Crippen LogP contribution in [0.5, 0.6) is 0 Å². The molecule has 0 fully saturated rings. The summed E-state index contributed by atoms with van der Waals surface area (Å²) in [4.78, 5) is 3.95. The Morgan fingerprint density at radius 3 is 2.75 bits per heavy atom. The molecule has 16 heavy (non-hydrogen) atoms. The van der Waals surface area contributed by atoms with Gasteiger partial charge in [-0.1, -0.05) is 0 Å². The summed E-state index contributed by atoms with van der Waals surface area (Å²) >= 11 is 0. The third-order valence-electron chi connectivity index (χ3n) is 2.06. The number of pyridine rings is 1. The van der Waals surface area contributed by atoms with Gasteiger partial charge in [-0.3, -0.25) is 4.98 Å². The minimum absolute atomic E-state index is 0.301. The molecule has 0 amide bonds. The first kappa shape index (κ1) is 13.0. The molecule has 0 saturated carbocycles. The molecule has 90 valence electrons. The van der Waals surface area contributed by atoms with Crippen LogP contribution in [0.25, 0.3) is 0 Å². The number of hydrogen-bond acceptors (Lipinski definition) is 4. The molecule has 0 unspecified atom stereocenters. The Morgan fingerprint density at radius 2 is 2.06 bits per heavy atom. The lowest BCUT2D eigenvalue weighted by Gasteiger charge is -2.05. The summed E-state index contributed by atoms with van der Waals surface area (Å²) in [6.45, 7) is 3.96. The molecule has 0 atom stereocenters. The molecule has 0 bridgehead atoms. The second-order valence-corrected chi connectivity index (χ2v) is 3.39. The van der Waals surface area contributed by atoms with E-state index >= 15 is 0 Å². The molecular formula is C11H18FN3O. The predicted octanol–water partition coefficient (Wildman–Crippen LogP) is 0.546. The first-order valence-corrected chi connectivity index (χ1v) is 5.33. The van der Waals surface area contributed by atoms with Crippen LogP contribution in [-0.4, -0.2) is 38.3 Å². The maximum absolute atomic E-state index is 12.5. The van der Waals surface area contributed by atoms with Gasteiger partial charge in [-0.2, -0.15) is 0 Å². The van der Waals surface area contributed by atoms with E-state index in [0.717, 1.165) is 31.9 Å². The molecular weight excluding hydrogens is 209 g/mol. The Labute approximate surface area is 95.2 Å². The highest BCUT2D eigenvalue weighted by Crippen LogP contribution is 1.96. The molecule has 0 saturated heterocycles. The fourth-order valence-electron chi connectivity index (χ4n) is 1.20. The van der Waals surface area contributed by atoms with Crippen LogP contribution < -0.4 is 10.6 Å². The molecule has 1 rings (SSSR count). The van der Waals surface area contributed by atoms with Crippen LogP contribution in [0.1, 0.15) is 5.69 Å². The predicted molar refractivity (Wildman–Crippen MR) is 60.6 cm³/mol. The molecule has 0 radical (unpaired) electrons. The van der Waals surface area contributed by atoms with Gasteiger partial charge in [0, 0.05) is 33.3 Å². The van der Waals surface area contributed by atoms with Gasteiger partial charge in [0.2, 0.25) is 0 Å². The molecule has 1 aromatic rings. The van der Waals surface area contributed by atoms with Crippen molar-refractivity contribution in [3.05, 3.63) is 29.8 Å². The van der Waals surface area contributed by atoms with Crippen LogP contribution in [0.2, 0.25) is 0 Å². The zero-order chi connectivity index (χ0) is 11.6. The second kappa shape index (κ2) is 8.15. The van der Waals surface area contributed by atoms with Gasteiger partial charge in [0.25, 0.3) is 0 Å². The van der Waals surface area contributed by atoms with Gasteiger partial charge < -0.3 is 15.4 Å². The van der Waals surface area contributed by atoms with Crippen molar-refractivity contribution >= 4 is 0 Å². The number of aromatic nitrogens is 1. The topological polar surface area (TPSA) is 46.2 Å². The van der Waals surface area contributed by atoms with Gasteiger partial charge in [-0.25, -0.2) is 4.39 Å². The highest BCUT2D eigenvalue weighted by molar-refractivity contribution is 5.04. The molecule has 5 heteroatoms. The van der Waals surface area contributed by atoms with Crippen molar-refractivity contribution in [3.8, 4) is 0 Å². The summed E-state index contributed by atoms with van der Waals surface area (Å²) < 4.78 is 17.4. The number of methoxy groups -OCH3 is 1. The maximum Gasteiger partial charge on any atom is 0.141 e. The van der Waals surface area contributed by atoms with Crippen LogP contribution in [0.15, 0.2) is 18.3 Å². The molecule has 0 aromatic carbocycles. The number of rotatable bonds is 8. The molecule has 0 aliphatic carbocycles. The Balaban J connectivity index is 2.01. The van der Waals surface area contributed by atoms with E-state index in [4.69, 9.17) is 4.74 Å². The Bertz CT molecular complexity index is 279. The first-order valence-electron chi connectivity index (χ1n) is 5.33. The van der Waals surface area contributed by atoms with Crippen molar-refractivity contribution in [2.45, 2.75) is 6.54 Å². The molecule has 0 spiro atoms. The zero-order valence-electron chi connectivity index (χ0n) is 9.50. The fourth-order valence-corrected chi connectivity index (χ4v) is 1.20. The molecule has 1 heterocycles. The second-order valence-electron chi connectivity index (χ2n) is 3.39. The number of hydrogen-bond donors (Lipinski definition) is 2. The van der Waals surface area contributed by atoms with Crippen molar-refractivity contribution in [1.29, 1.82) is 0 Å². The lowest BCUT2D eigenvalue weighted by molar-refractivity contribution is 0.199. The maximum atomic E-state index is 12.5. The van der Waals surface area contributed by atoms with Crippen molar-refractivity contribution < 1.29 is 9.13 Å². The summed E-state index contributed by atoms with van der Waals surface area (Å²) in [5, 5.41) is 6.42. The summed E-state index contributed by atoms with van der Waals surface area (Å²) in [5.41, 5.74) is 0.846. The number of ether oxygens (including phenoxy) is 1. The largest absolute Gasteiger partial charge is 0.383 e. The smallest absolute Gasteiger partial charge is 0.141 e. The van der Waals surface area contributed by atoms with Crippen LogP contribution in [0.3, 0.4) is 0 Å². The summed E-state index contributed by atoms with van der Waals surface area (Å²) in [7, 11) is 1.68. The summed E-state index contributed by atoms with van der Waals surface area (Å²) in [6, 6.07) is 3.10. The fraction of sp³-hybridized carbons (Fsp3) is 0.545. The van der Waals surface area contributed by atoms with Gasteiger partial charge in [-0.15, -0.1) is 0 Å². The van der Waals surface area contributed by atoms with Crippen LogP contribution in [0.4, 0.5) is 4.39 Å². The summed E-state index contributed by atoms with van der Waals surface area (Å²) in [6.07, 6.45) is 1.23. The minimum atomic E-state index is -0.301. The van der Waals surface area contributed by atoms with E-state index in [9.17, 15) is 4.39 Å². The van der Waals surface area contributed by atoms with Gasteiger partial charge >= 0.3 is 0 Å². The normalized spacial score (nSPS) is 10.6. The third-order valence-corrected chi connectivity index (χ3v) is 2.06. The van der Waals surface area contributed by atoms with Gasteiger partial charge in [0.05, 0.1) is 18.5 Å². The average Bonchev–Trinajstić information content (AvgIpc) is 2.30. The van der Waals surface area contributed by atoms with Crippen molar-refractivity contribution in [1.82, 2.24) is 15.6 Å². The molecule has 4 nitrogen and oxygen atoms in total. The van der Waals surface area contributed by atoms with Crippen LogP contribution >= 0.6 is 0 Å². The Kier molecular flexibility index (Phi) is 6.64. The van der Waals surface area contributed by atoms with Crippen LogP contribution in [0, 0.1) is 5.82 Å². The van der Waals surface area contributed by atoms with E-state index in [1.165, 1.54) is 12.3 Å². The van der Waals surface area contributed by atoms with Gasteiger partial charge in [0.15, 0.2) is 0 Å². The Hall–Kier alpha value is -1.04. The Morgan fingerprint density at radius 1 is 1.25 bits per heavy atom. The lowest BCUT2D eigenvalue weighted by Crippen LogP contribution is -2.29. The quantitative estimate of drug-likeness (QED) is 0.637. The number of nitrogens with one attached hydrogen (secondary N) is 2. The third kappa shape index (κ3) is 5.75.